The summed E-state index contributed by atoms with van der Waals surface area (Å²) in [7, 11) is 0. The molecule has 0 fully saturated rings. The van der Waals surface area contributed by atoms with E-state index in [1.807, 2.05) is 36.4 Å². The Labute approximate surface area is 191 Å². The minimum absolute atomic E-state index is 0.0312. The van der Waals surface area contributed by atoms with Gasteiger partial charge in [0.15, 0.2) is 0 Å². The third-order valence-electron chi connectivity index (χ3n) is 5.66. The lowest BCUT2D eigenvalue weighted by Crippen LogP contribution is -2.29. The van der Waals surface area contributed by atoms with Crippen LogP contribution in [0.4, 0.5) is 10.5 Å². The summed E-state index contributed by atoms with van der Waals surface area (Å²) >= 11 is 0. The molecule has 3 N–H and O–H groups in total. The summed E-state index contributed by atoms with van der Waals surface area (Å²) < 4.78 is 5.59. The number of hydrogen-bond donors (Lipinski definition) is 3. The molecule has 168 valence electrons. The number of nitrogens with one attached hydrogen (secondary N) is 2. The molecule has 0 spiro atoms. The molecule has 0 unspecified atom stereocenters. The van der Waals surface area contributed by atoms with Crippen LogP contribution in [0.2, 0.25) is 0 Å². The van der Waals surface area contributed by atoms with E-state index in [9.17, 15) is 14.4 Å². The molecule has 0 aliphatic heterocycles. The maximum Gasteiger partial charge on any atom is 0.411 e. The van der Waals surface area contributed by atoms with Gasteiger partial charge in [0, 0.05) is 18.0 Å². The Bertz CT molecular complexity index is 1150. The molecule has 0 aromatic heterocycles. The van der Waals surface area contributed by atoms with Gasteiger partial charge in [-0.25, -0.2) is 4.79 Å². The molecule has 3 aromatic carbocycles. The van der Waals surface area contributed by atoms with Crippen LogP contribution in [-0.4, -0.2) is 36.2 Å². The van der Waals surface area contributed by atoms with Gasteiger partial charge in [0.25, 0.3) is 0 Å². The fraction of sp³-hybridized carbons (Fsp3) is 0.192. The molecule has 0 saturated carbocycles. The molecule has 0 saturated heterocycles. The van der Waals surface area contributed by atoms with Crippen molar-refractivity contribution in [2.45, 2.75) is 18.8 Å². The second-order valence-corrected chi connectivity index (χ2v) is 7.78. The van der Waals surface area contributed by atoms with Gasteiger partial charge in [-0.1, -0.05) is 66.7 Å². The molecule has 0 radical (unpaired) electrons. The molecule has 2 amide bonds. The Morgan fingerprint density at radius 1 is 0.848 bits per heavy atom. The number of carbonyl (C=O) groups is 3. The van der Waals surface area contributed by atoms with Crippen LogP contribution in [0.3, 0.4) is 0 Å². The predicted molar refractivity (Wildman–Crippen MR) is 124 cm³/mol. The van der Waals surface area contributed by atoms with Gasteiger partial charge in [0.05, 0.1) is 0 Å². The Balaban J connectivity index is 1.37. The summed E-state index contributed by atoms with van der Waals surface area (Å²) in [4.78, 5) is 35.0. The van der Waals surface area contributed by atoms with Crippen LogP contribution < -0.4 is 10.6 Å². The van der Waals surface area contributed by atoms with Crippen molar-refractivity contribution >= 4 is 23.7 Å². The molecule has 1 aliphatic carbocycles. The van der Waals surface area contributed by atoms with Crippen molar-refractivity contribution in [1.82, 2.24) is 5.32 Å². The van der Waals surface area contributed by atoms with Crippen molar-refractivity contribution < 1.29 is 24.2 Å². The summed E-state index contributed by atoms with van der Waals surface area (Å²) in [6.07, 6.45) is -0.110. The topological polar surface area (TPSA) is 105 Å². The zero-order chi connectivity index (χ0) is 23.2. The normalized spacial score (nSPS) is 11.9. The fourth-order valence-corrected chi connectivity index (χ4v) is 4.12. The third-order valence-corrected chi connectivity index (χ3v) is 5.66. The van der Waals surface area contributed by atoms with Crippen LogP contribution in [0.15, 0.2) is 72.8 Å². The van der Waals surface area contributed by atoms with Crippen LogP contribution in [-0.2, 0) is 20.7 Å². The number of ether oxygens (including phenoxy) is 1. The maximum atomic E-state index is 12.6. The summed E-state index contributed by atoms with van der Waals surface area (Å²) in [5.41, 5.74) is 5.91. The SMILES string of the molecule is O=C(O)CNC(=O)CCc1ccccc1NC(=O)OCC1c2ccccc2-c2ccccc21. The largest absolute Gasteiger partial charge is 0.480 e. The number of hydrogen-bond acceptors (Lipinski definition) is 4. The first kappa shape index (κ1) is 22.1. The van der Waals surface area contributed by atoms with Crippen LogP contribution in [0, 0.1) is 0 Å². The van der Waals surface area contributed by atoms with E-state index >= 15 is 0 Å². The van der Waals surface area contributed by atoms with E-state index < -0.39 is 18.6 Å². The van der Waals surface area contributed by atoms with Crippen molar-refractivity contribution in [2.24, 2.45) is 0 Å². The van der Waals surface area contributed by atoms with Gasteiger partial charge in [-0.15, -0.1) is 0 Å². The lowest BCUT2D eigenvalue weighted by Gasteiger charge is -2.15. The third kappa shape index (κ3) is 5.20. The van der Waals surface area contributed by atoms with Crippen LogP contribution in [0.25, 0.3) is 11.1 Å². The van der Waals surface area contributed by atoms with Crippen LogP contribution in [0.5, 0.6) is 0 Å². The quantitative estimate of drug-likeness (QED) is 0.483. The van der Waals surface area contributed by atoms with E-state index in [0.717, 1.165) is 27.8 Å². The zero-order valence-corrected chi connectivity index (χ0v) is 17.9. The van der Waals surface area contributed by atoms with Gasteiger partial charge in [0.1, 0.15) is 13.2 Å². The molecule has 7 heteroatoms. The summed E-state index contributed by atoms with van der Waals surface area (Å²) in [5.74, 6) is -1.50. The second kappa shape index (κ2) is 9.99. The first-order valence-corrected chi connectivity index (χ1v) is 10.7. The Morgan fingerprint density at radius 2 is 1.45 bits per heavy atom. The highest BCUT2D eigenvalue weighted by Gasteiger charge is 2.29. The number of rotatable bonds is 8. The number of carboxylic acid groups (broad SMARTS) is 1. The molecule has 33 heavy (non-hydrogen) atoms. The van der Waals surface area contributed by atoms with E-state index in [4.69, 9.17) is 9.84 Å². The molecular weight excluding hydrogens is 420 g/mol. The monoisotopic (exact) mass is 444 g/mol. The Morgan fingerprint density at radius 3 is 2.12 bits per heavy atom. The second-order valence-electron chi connectivity index (χ2n) is 7.78. The number of carbonyl (C=O) groups excluding carboxylic acids is 2. The van der Waals surface area contributed by atoms with Crippen molar-refractivity contribution in [2.75, 3.05) is 18.5 Å². The smallest absolute Gasteiger partial charge is 0.411 e. The predicted octanol–water partition coefficient (Wildman–Crippen LogP) is 4.18. The summed E-state index contributed by atoms with van der Waals surface area (Å²) in [5, 5.41) is 13.8. The molecule has 3 aromatic rings. The Kier molecular flexibility index (Phi) is 6.69. The molecule has 0 atom stereocenters. The number of amides is 2. The van der Waals surface area contributed by atoms with Crippen molar-refractivity contribution in [3.63, 3.8) is 0 Å². The van der Waals surface area contributed by atoms with Crippen LogP contribution in [0.1, 0.15) is 29.0 Å². The van der Waals surface area contributed by atoms with Crippen molar-refractivity contribution in [1.29, 1.82) is 0 Å². The maximum absolute atomic E-state index is 12.6. The average Bonchev–Trinajstić information content (AvgIpc) is 3.14. The zero-order valence-electron chi connectivity index (χ0n) is 17.9. The van der Waals surface area contributed by atoms with Gasteiger partial charge in [-0.2, -0.15) is 0 Å². The highest BCUT2D eigenvalue weighted by atomic mass is 16.5. The van der Waals surface area contributed by atoms with Crippen molar-refractivity contribution in [3.05, 3.63) is 89.5 Å². The molecule has 0 heterocycles. The number of benzene rings is 3. The van der Waals surface area contributed by atoms with E-state index in [2.05, 4.69) is 34.9 Å². The van der Waals surface area contributed by atoms with E-state index in [0.29, 0.717) is 12.1 Å². The lowest BCUT2D eigenvalue weighted by molar-refractivity contribution is -0.137. The average molecular weight is 444 g/mol. The number of aliphatic carboxylic acids is 1. The van der Waals surface area contributed by atoms with Gasteiger partial charge < -0.3 is 15.2 Å². The van der Waals surface area contributed by atoms with Crippen LogP contribution >= 0.6 is 0 Å². The van der Waals surface area contributed by atoms with Gasteiger partial charge >= 0.3 is 12.1 Å². The molecule has 0 bridgehead atoms. The first-order chi connectivity index (χ1) is 16.0. The molecular formula is C26H24N2O5. The number of fused-ring (bicyclic) bond motifs is 3. The number of aryl methyl sites for hydroxylation is 1. The number of carboxylic acids is 1. The van der Waals surface area contributed by atoms with Crippen molar-refractivity contribution in [3.8, 4) is 11.1 Å². The fourth-order valence-electron chi connectivity index (χ4n) is 4.12. The van der Waals surface area contributed by atoms with Gasteiger partial charge in [-0.3, -0.25) is 14.9 Å². The summed E-state index contributed by atoms with van der Waals surface area (Å²) in [6.45, 7) is -0.210. The van der Waals surface area contributed by atoms with E-state index in [-0.39, 0.29) is 24.9 Å². The minimum Gasteiger partial charge on any atom is -0.480 e. The summed E-state index contributed by atoms with van der Waals surface area (Å²) in [6, 6.07) is 23.4. The highest BCUT2D eigenvalue weighted by Crippen LogP contribution is 2.44. The molecule has 4 rings (SSSR count). The molecule has 1 aliphatic rings. The van der Waals surface area contributed by atoms with E-state index in [1.54, 1.807) is 12.1 Å². The highest BCUT2D eigenvalue weighted by molar-refractivity contribution is 5.86. The van der Waals surface area contributed by atoms with Gasteiger partial charge in [-0.05, 0) is 40.3 Å². The minimum atomic E-state index is -1.10. The number of para-hydroxylation sites is 1. The van der Waals surface area contributed by atoms with E-state index in [1.165, 1.54) is 0 Å². The first-order valence-electron chi connectivity index (χ1n) is 10.7. The molecule has 7 nitrogen and oxygen atoms in total. The van der Waals surface area contributed by atoms with Gasteiger partial charge in [0.2, 0.25) is 5.91 Å². The lowest BCUT2D eigenvalue weighted by atomic mass is 9.98. The standard InChI is InChI=1S/C26H24N2O5/c29-24(27-15-25(30)31)14-13-17-7-1-6-12-23(17)28-26(32)33-16-22-20-10-4-2-8-18(20)19-9-3-5-11-21(19)22/h1-12,22H,13-16H2,(H,27,29)(H,28,32)(H,30,31). The number of anilines is 1. The Hall–Kier alpha value is -4.13.